The average molecular weight is 394 g/mol. The Bertz CT molecular complexity index is 859. The fourth-order valence-electron chi connectivity index (χ4n) is 6.76. The molecule has 0 heterocycles. The van der Waals surface area contributed by atoms with Crippen LogP contribution in [0.4, 0.5) is 13.2 Å². The number of hydrogen-bond donors (Lipinski definition) is 1. The summed E-state index contributed by atoms with van der Waals surface area (Å²) in [4.78, 5) is 24.1. The van der Waals surface area contributed by atoms with Gasteiger partial charge in [-0.2, -0.15) is 0 Å². The van der Waals surface area contributed by atoms with E-state index in [0.717, 1.165) is 6.08 Å². The van der Waals surface area contributed by atoms with Crippen molar-refractivity contribution in [3.05, 3.63) is 34.9 Å². The molecule has 3 nitrogen and oxygen atoms in total. The summed E-state index contributed by atoms with van der Waals surface area (Å²) in [7, 11) is 0. The van der Waals surface area contributed by atoms with Gasteiger partial charge in [0.15, 0.2) is 23.9 Å². The van der Waals surface area contributed by atoms with Crippen LogP contribution in [0, 0.1) is 22.7 Å². The van der Waals surface area contributed by atoms with Gasteiger partial charge in [0.1, 0.15) is 6.17 Å². The van der Waals surface area contributed by atoms with Crippen molar-refractivity contribution < 1.29 is 27.9 Å². The summed E-state index contributed by atoms with van der Waals surface area (Å²) in [6.07, 6.45) is 0.971. The second-order valence-electron chi connectivity index (χ2n) is 9.28. The third-order valence-corrected chi connectivity index (χ3v) is 7.94. The Kier molecular flexibility index (Phi) is 4.14. The van der Waals surface area contributed by atoms with Gasteiger partial charge in [0.2, 0.25) is 0 Å². The van der Waals surface area contributed by atoms with Crippen LogP contribution in [0.15, 0.2) is 34.9 Å². The number of hydrogen-bond acceptors (Lipinski definition) is 3. The lowest BCUT2D eigenvalue weighted by Crippen LogP contribution is -2.68. The second kappa shape index (κ2) is 5.91. The first-order valence-electron chi connectivity index (χ1n) is 9.76. The van der Waals surface area contributed by atoms with Crippen LogP contribution in [0.1, 0.15) is 40.0 Å². The molecule has 4 aliphatic carbocycles. The van der Waals surface area contributed by atoms with Crippen LogP contribution >= 0.6 is 0 Å². The van der Waals surface area contributed by atoms with Crippen LogP contribution in [0.25, 0.3) is 0 Å². The van der Waals surface area contributed by atoms with Crippen molar-refractivity contribution in [1.82, 2.24) is 0 Å². The SMILES string of the molecule is CC1=C(C(=O)CF)[C@@]2(C)C[C@H](O)[C@@]3(F)[C@@H](C[C@H](F)C4=CC(=O)C=C[C@@]43C)[C@@H]2C1. The number of fused-ring (bicyclic) bond motifs is 5. The van der Waals surface area contributed by atoms with Crippen LogP contribution in [0.5, 0.6) is 0 Å². The number of halogens is 3. The Hall–Kier alpha value is -1.69. The maximum Gasteiger partial charge on any atom is 0.190 e. The highest BCUT2D eigenvalue weighted by Gasteiger charge is 2.71. The number of ketones is 2. The van der Waals surface area contributed by atoms with E-state index in [2.05, 4.69) is 0 Å². The zero-order valence-electron chi connectivity index (χ0n) is 16.3. The zero-order chi connectivity index (χ0) is 20.6. The van der Waals surface area contributed by atoms with E-state index in [1.807, 2.05) is 0 Å². The van der Waals surface area contributed by atoms with Gasteiger partial charge in [0.25, 0.3) is 0 Å². The van der Waals surface area contributed by atoms with E-state index >= 15 is 8.78 Å². The van der Waals surface area contributed by atoms with Crippen molar-refractivity contribution >= 4 is 11.6 Å². The third kappa shape index (κ3) is 2.15. The summed E-state index contributed by atoms with van der Waals surface area (Å²) >= 11 is 0. The highest BCUT2D eigenvalue weighted by atomic mass is 19.1. The largest absolute Gasteiger partial charge is 0.390 e. The van der Waals surface area contributed by atoms with Gasteiger partial charge in [0, 0.05) is 22.3 Å². The maximum absolute atomic E-state index is 16.8. The fraction of sp³-hybridized carbons (Fsp3) is 0.636. The molecule has 4 rings (SSSR count). The van der Waals surface area contributed by atoms with Crippen molar-refractivity contribution in [3.8, 4) is 0 Å². The monoisotopic (exact) mass is 394 g/mol. The molecule has 2 fully saturated rings. The number of aliphatic hydroxyl groups is 1. The van der Waals surface area contributed by atoms with E-state index in [4.69, 9.17) is 0 Å². The lowest BCUT2D eigenvalue weighted by Gasteiger charge is -2.62. The average Bonchev–Trinajstić information content (AvgIpc) is 2.89. The van der Waals surface area contributed by atoms with E-state index in [1.165, 1.54) is 19.1 Å². The molecule has 0 aliphatic heterocycles. The topological polar surface area (TPSA) is 54.4 Å². The molecule has 0 spiro atoms. The number of carbonyl (C=O) groups excluding carboxylic acids is 2. The highest BCUT2D eigenvalue weighted by molar-refractivity contribution is 6.01. The smallest absolute Gasteiger partial charge is 0.190 e. The molecule has 28 heavy (non-hydrogen) atoms. The van der Waals surface area contributed by atoms with Crippen LogP contribution in [0.3, 0.4) is 0 Å². The molecule has 152 valence electrons. The number of carbonyl (C=O) groups is 2. The first kappa shape index (κ1) is 19.6. The van der Waals surface area contributed by atoms with Crippen molar-refractivity contribution in [1.29, 1.82) is 0 Å². The molecular weight excluding hydrogens is 369 g/mol. The van der Waals surface area contributed by atoms with Crippen molar-refractivity contribution in [3.63, 3.8) is 0 Å². The molecule has 6 heteroatoms. The normalized spacial score (nSPS) is 47.4. The molecule has 0 unspecified atom stereocenters. The Morgan fingerprint density at radius 1 is 1.32 bits per heavy atom. The molecule has 0 amide bonds. The number of rotatable bonds is 2. The van der Waals surface area contributed by atoms with Gasteiger partial charge in [-0.05, 0) is 56.8 Å². The van der Waals surface area contributed by atoms with Crippen LogP contribution in [0.2, 0.25) is 0 Å². The molecule has 4 aliphatic rings. The third-order valence-electron chi connectivity index (χ3n) is 7.94. The number of Topliss-reactive ketones (excluding diaryl/α,β-unsaturated/α-hetero) is 1. The minimum atomic E-state index is -2.17. The van der Waals surface area contributed by atoms with Gasteiger partial charge in [-0.1, -0.05) is 18.6 Å². The van der Waals surface area contributed by atoms with Gasteiger partial charge in [0.05, 0.1) is 6.10 Å². The molecule has 7 atom stereocenters. The Balaban J connectivity index is 1.85. The molecule has 0 bridgehead atoms. The molecule has 0 radical (unpaired) electrons. The van der Waals surface area contributed by atoms with Crippen LogP contribution < -0.4 is 0 Å². The number of allylic oxidation sites excluding steroid dienone is 6. The Labute approximate surface area is 162 Å². The summed E-state index contributed by atoms with van der Waals surface area (Å²) in [6.45, 7) is 3.90. The minimum Gasteiger partial charge on any atom is -0.390 e. The molecular formula is C22H25F3O3. The van der Waals surface area contributed by atoms with Gasteiger partial charge in [-0.3, -0.25) is 9.59 Å². The summed E-state index contributed by atoms with van der Waals surface area (Å²) in [5.74, 6) is -2.28. The summed E-state index contributed by atoms with van der Waals surface area (Å²) in [5.41, 5.74) is -3.40. The van der Waals surface area contributed by atoms with Crippen molar-refractivity contribution in [2.45, 2.75) is 58.0 Å². The zero-order valence-corrected chi connectivity index (χ0v) is 16.3. The molecule has 1 N–H and O–H groups in total. The quantitative estimate of drug-likeness (QED) is 0.776. The second-order valence-corrected chi connectivity index (χ2v) is 9.28. The summed E-state index contributed by atoms with van der Waals surface area (Å²) in [5, 5.41) is 11.0. The molecule has 0 saturated heterocycles. The Morgan fingerprint density at radius 2 is 2.00 bits per heavy atom. The molecule has 0 aromatic rings. The van der Waals surface area contributed by atoms with Gasteiger partial charge in [-0.15, -0.1) is 0 Å². The predicted molar refractivity (Wildman–Crippen MR) is 97.7 cm³/mol. The van der Waals surface area contributed by atoms with Crippen LogP contribution in [-0.4, -0.2) is 41.3 Å². The van der Waals surface area contributed by atoms with E-state index in [9.17, 15) is 19.1 Å². The van der Waals surface area contributed by atoms with Gasteiger partial charge >= 0.3 is 0 Å². The van der Waals surface area contributed by atoms with E-state index in [0.29, 0.717) is 17.6 Å². The number of alkyl halides is 3. The Morgan fingerprint density at radius 3 is 2.64 bits per heavy atom. The van der Waals surface area contributed by atoms with Crippen LogP contribution in [-0.2, 0) is 9.59 Å². The van der Waals surface area contributed by atoms with E-state index in [1.54, 1.807) is 13.8 Å². The van der Waals surface area contributed by atoms with Gasteiger partial charge in [-0.25, -0.2) is 13.2 Å². The fourth-order valence-corrected chi connectivity index (χ4v) is 6.76. The van der Waals surface area contributed by atoms with E-state index in [-0.39, 0.29) is 24.2 Å². The van der Waals surface area contributed by atoms with E-state index < -0.39 is 53.1 Å². The molecule has 0 aromatic carbocycles. The lowest BCUT2D eigenvalue weighted by atomic mass is 9.45. The summed E-state index contributed by atoms with van der Waals surface area (Å²) < 4.78 is 45.1. The number of aliphatic hydroxyl groups excluding tert-OH is 1. The summed E-state index contributed by atoms with van der Waals surface area (Å²) in [6, 6.07) is 0. The molecule has 0 aromatic heterocycles. The maximum atomic E-state index is 16.8. The minimum absolute atomic E-state index is 0.0370. The highest BCUT2D eigenvalue weighted by Crippen LogP contribution is 2.68. The van der Waals surface area contributed by atoms with Crippen molar-refractivity contribution in [2.75, 3.05) is 6.67 Å². The van der Waals surface area contributed by atoms with Crippen molar-refractivity contribution in [2.24, 2.45) is 22.7 Å². The standard InChI is InChI=1S/C22H25F3O3/c1-11-6-13-14-8-16(24)15-7-12(26)4-5-21(15,3)22(14,25)18(28)9-20(13,2)19(11)17(27)10-23/h4-5,7,13-14,16,18,28H,6,8-10H2,1-3H3/t13-,14-,16-,18-,20-,21-,22-/m0/s1. The predicted octanol–water partition coefficient (Wildman–Crippen LogP) is 3.77. The first-order chi connectivity index (χ1) is 13.0. The molecule has 2 saturated carbocycles. The lowest BCUT2D eigenvalue weighted by molar-refractivity contribution is -0.192. The van der Waals surface area contributed by atoms with Gasteiger partial charge < -0.3 is 5.11 Å². The first-order valence-corrected chi connectivity index (χ1v) is 9.76.